The minimum absolute atomic E-state index is 0.000369. The minimum Gasteiger partial charge on any atom is -0.395 e. The van der Waals surface area contributed by atoms with E-state index in [-0.39, 0.29) is 31.1 Å². The Morgan fingerprint density at radius 1 is 1.20 bits per heavy atom. The van der Waals surface area contributed by atoms with Crippen molar-refractivity contribution in [3.05, 3.63) is 34.9 Å². The molecule has 1 aromatic rings. The lowest BCUT2D eigenvalue weighted by molar-refractivity contribution is -0.131. The summed E-state index contributed by atoms with van der Waals surface area (Å²) < 4.78 is 0. The van der Waals surface area contributed by atoms with Crippen LogP contribution in [0.1, 0.15) is 41.3 Å². The van der Waals surface area contributed by atoms with E-state index in [9.17, 15) is 9.59 Å². The summed E-state index contributed by atoms with van der Waals surface area (Å²) in [7, 11) is 0. The number of carbonyl (C=O) groups excluding carboxylic acids is 2. The van der Waals surface area contributed by atoms with E-state index in [0.29, 0.717) is 18.7 Å². The van der Waals surface area contributed by atoms with E-state index >= 15 is 0 Å². The standard InChI is InChI=1S/C16H23NO3/c1-4-17(9-10-18)16(20)8-7-15(19)14-11-12(2)5-6-13(14)3/h5-6,11,18H,4,7-10H2,1-3H3. The van der Waals surface area contributed by atoms with Crippen LogP contribution in [0.5, 0.6) is 0 Å². The summed E-state index contributed by atoms with van der Waals surface area (Å²) in [5.74, 6) is -0.0835. The van der Waals surface area contributed by atoms with Crippen LogP contribution in [0.4, 0.5) is 0 Å². The summed E-state index contributed by atoms with van der Waals surface area (Å²) in [4.78, 5) is 25.7. The normalized spacial score (nSPS) is 10.4. The largest absolute Gasteiger partial charge is 0.395 e. The van der Waals surface area contributed by atoms with Crippen LogP contribution in [-0.4, -0.2) is 41.4 Å². The summed E-state index contributed by atoms with van der Waals surface area (Å²) >= 11 is 0. The van der Waals surface area contributed by atoms with E-state index in [2.05, 4.69) is 0 Å². The Labute approximate surface area is 120 Å². The average molecular weight is 277 g/mol. The van der Waals surface area contributed by atoms with E-state index < -0.39 is 0 Å². The van der Waals surface area contributed by atoms with Gasteiger partial charge in [0, 0.05) is 31.5 Å². The van der Waals surface area contributed by atoms with Gasteiger partial charge < -0.3 is 10.0 Å². The number of rotatable bonds is 7. The number of aliphatic hydroxyl groups is 1. The smallest absolute Gasteiger partial charge is 0.223 e. The number of likely N-dealkylation sites (N-methyl/N-ethyl adjacent to an activating group) is 1. The molecule has 0 spiro atoms. The van der Waals surface area contributed by atoms with Gasteiger partial charge in [-0.2, -0.15) is 0 Å². The van der Waals surface area contributed by atoms with Crippen LogP contribution in [0.3, 0.4) is 0 Å². The molecule has 20 heavy (non-hydrogen) atoms. The van der Waals surface area contributed by atoms with Crippen molar-refractivity contribution in [2.75, 3.05) is 19.7 Å². The SMILES string of the molecule is CCN(CCO)C(=O)CCC(=O)c1cc(C)ccc1C. The minimum atomic E-state index is -0.0831. The zero-order valence-electron chi connectivity index (χ0n) is 12.5. The summed E-state index contributed by atoms with van der Waals surface area (Å²) in [6.07, 6.45) is 0.408. The molecule has 1 N–H and O–H groups in total. The number of aliphatic hydroxyl groups excluding tert-OH is 1. The van der Waals surface area contributed by atoms with Gasteiger partial charge in [0.2, 0.25) is 5.91 Å². The molecule has 110 valence electrons. The topological polar surface area (TPSA) is 57.6 Å². The number of amides is 1. The molecule has 0 aliphatic carbocycles. The van der Waals surface area contributed by atoms with Gasteiger partial charge in [-0.3, -0.25) is 9.59 Å². The van der Waals surface area contributed by atoms with Gasteiger partial charge in [-0.15, -0.1) is 0 Å². The zero-order valence-corrected chi connectivity index (χ0v) is 12.5. The number of nitrogens with zero attached hydrogens (tertiary/aromatic N) is 1. The maximum atomic E-state index is 12.2. The third-order valence-corrected chi connectivity index (χ3v) is 3.36. The third kappa shape index (κ3) is 4.46. The first kappa shape index (κ1) is 16.4. The lowest BCUT2D eigenvalue weighted by Crippen LogP contribution is -2.33. The molecule has 0 unspecified atom stereocenters. The molecule has 0 aliphatic rings. The summed E-state index contributed by atoms with van der Waals surface area (Å²) in [5.41, 5.74) is 2.68. The third-order valence-electron chi connectivity index (χ3n) is 3.36. The number of hydrogen-bond donors (Lipinski definition) is 1. The first-order valence-electron chi connectivity index (χ1n) is 6.98. The van der Waals surface area contributed by atoms with E-state index in [4.69, 9.17) is 5.11 Å². The molecule has 1 aromatic carbocycles. The summed E-state index contributed by atoms with van der Waals surface area (Å²) in [5, 5.41) is 8.88. The van der Waals surface area contributed by atoms with Crippen molar-refractivity contribution < 1.29 is 14.7 Å². The fourth-order valence-corrected chi connectivity index (χ4v) is 2.13. The van der Waals surface area contributed by atoms with Crippen LogP contribution in [-0.2, 0) is 4.79 Å². The molecule has 0 saturated heterocycles. The van der Waals surface area contributed by atoms with Crippen LogP contribution < -0.4 is 0 Å². The van der Waals surface area contributed by atoms with Crippen LogP contribution in [0.2, 0.25) is 0 Å². The van der Waals surface area contributed by atoms with E-state index in [1.807, 2.05) is 39.0 Å². The van der Waals surface area contributed by atoms with Crippen molar-refractivity contribution in [2.45, 2.75) is 33.6 Å². The predicted octanol–water partition coefficient (Wildman–Crippen LogP) is 2.11. The maximum Gasteiger partial charge on any atom is 0.223 e. The van der Waals surface area contributed by atoms with Crippen LogP contribution in [0.25, 0.3) is 0 Å². The van der Waals surface area contributed by atoms with E-state index in [1.165, 1.54) is 0 Å². The van der Waals surface area contributed by atoms with E-state index in [0.717, 1.165) is 11.1 Å². The lowest BCUT2D eigenvalue weighted by atomic mass is 9.99. The molecule has 1 rings (SSSR count). The Hall–Kier alpha value is -1.68. The van der Waals surface area contributed by atoms with Crippen molar-refractivity contribution in [1.82, 2.24) is 4.90 Å². The fraction of sp³-hybridized carbons (Fsp3) is 0.500. The van der Waals surface area contributed by atoms with Gasteiger partial charge in [0.05, 0.1) is 6.61 Å². The molecule has 0 aliphatic heterocycles. The highest BCUT2D eigenvalue weighted by Gasteiger charge is 2.15. The summed E-state index contributed by atoms with van der Waals surface area (Å²) in [6.45, 7) is 6.54. The lowest BCUT2D eigenvalue weighted by Gasteiger charge is -2.19. The predicted molar refractivity (Wildman–Crippen MR) is 78.8 cm³/mol. The second-order valence-electron chi connectivity index (χ2n) is 4.94. The molecule has 0 saturated carbocycles. The first-order valence-corrected chi connectivity index (χ1v) is 6.98. The molecular formula is C16H23NO3. The fourth-order valence-electron chi connectivity index (χ4n) is 2.13. The Bertz CT molecular complexity index is 483. The zero-order chi connectivity index (χ0) is 15.1. The Balaban J connectivity index is 2.63. The van der Waals surface area contributed by atoms with Gasteiger partial charge >= 0.3 is 0 Å². The average Bonchev–Trinajstić information content (AvgIpc) is 2.44. The number of carbonyl (C=O) groups is 2. The number of Topliss-reactive ketones (excluding diaryl/α,β-unsaturated/α-hetero) is 1. The number of ketones is 1. The van der Waals surface area contributed by atoms with Crippen LogP contribution in [0, 0.1) is 13.8 Å². The van der Waals surface area contributed by atoms with Crippen molar-refractivity contribution in [3.63, 3.8) is 0 Å². The quantitative estimate of drug-likeness (QED) is 0.777. The molecular weight excluding hydrogens is 254 g/mol. The second kappa shape index (κ2) is 7.80. The molecule has 1 amide bonds. The van der Waals surface area contributed by atoms with Crippen molar-refractivity contribution in [2.24, 2.45) is 0 Å². The van der Waals surface area contributed by atoms with Crippen LogP contribution in [0.15, 0.2) is 18.2 Å². The van der Waals surface area contributed by atoms with E-state index in [1.54, 1.807) is 4.90 Å². The first-order chi connectivity index (χ1) is 9.49. The van der Waals surface area contributed by atoms with Gasteiger partial charge in [0.15, 0.2) is 5.78 Å². The monoisotopic (exact) mass is 277 g/mol. The Morgan fingerprint density at radius 2 is 1.90 bits per heavy atom. The van der Waals surface area contributed by atoms with Crippen molar-refractivity contribution >= 4 is 11.7 Å². The highest BCUT2D eigenvalue weighted by Crippen LogP contribution is 2.14. The van der Waals surface area contributed by atoms with Crippen LogP contribution >= 0.6 is 0 Å². The Kier molecular flexibility index (Phi) is 6.39. The molecule has 0 aromatic heterocycles. The Morgan fingerprint density at radius 3 is 2.50 bits per heavy atom. The van der Waals surface area contributed by atoms with Gasteiger partial charge in [0.25, 0.3) is 0 Å². The molecule has 0 fully saturated rings. The van der Waals surface area contributed by atoms with Gasteiger partial charge in [-0.05, 0) is 32.4 Å². The summed E-state index contributed by atoms with van der Waals surface area (Å²) in [6, 6.07) is 5.76. The molecule has 4 nitrogen and oxygen atoms in total. The highest BCUT2D eigenvalue weighted by molar-refractivity contribution is 5.99. The number of benzene rings is 1. The highest BCUT2D eigenvalue weighted by atomic mass is 16.3. The van der Waals surface area contributed by atoms with Gasteiger partial charge in [-0.25, -0.2) is 0 Å². The van der Waals surface area contributed by atoms with Gasteiger partial charge in [0.1, 0.15) is 0 Å². The molecule has 0 heterocycles. The van der Waals surface area contributed by atoms with Crippen molar-refractivity contribution in [1.29, 1.82) is 0 Å². The molecule has 4 heteroatoms. The number of hydrogen-bond acceptors (Lipinski definition) is 3. The second-order valence-corrected chi connectivity index (χ2v) is 4.94. The molecule has 0 atom stereocenters. The van der Waals surface area contributed by atoms with Gasteiger partial charge in [-0.1, -0.05) is 17.7 Å². The molecule has 0 radical (unpaired) electrons. The maximum absolute atomic E-state index is 12.2. The number of aryl methyl sites for hydroxylation is 2. The van der Waals surface area contributed by atoms with Crippen molar-refractivity contribution in [3.8, 4) is 0 Å². The molecule has 0 bridgehead atoms.